The largest absolute Gasteiger partial charge is 0.481 e. The number of carbonyl (C=O) groups is 3. The number of rotatable bonds is 7. The zero-order valence-electron chi connectivity index (χ0n) is 17.3. The van der Waals surface area contributed by atoms with Crippen LogP contribution in [0.25, 0.3) is 0 Å². The van der Waals surface area contributed by atoms with Gasteiger partial charge in [0.2, 0.25) is 6.41 Å². The molecule has 0 aliphatic carbocycles. The standard InChI is InChI=1S/C24H23N3O4/c1-14(2)16-5-3-15(4-6-16)12-27-18-8-7-17(9-21(30)31)24(26-13-28)23(18)22-19(27)10-25-11-20(22)29/h3-8,10-11,13-14,22H,9,12H2,1-2H3,(H,26,28)(H,30,31). The van der Waals surface area contributed by atoms with Crippen LogP contribution in [-0.4, -0.2) is 29.5 Å². The summed E-state index contributed by atoms with van der Waals surface area (Å²) in [5.41, 5.74) is 5.25. The molecule has 4 rings (SSSR count). The van der Waals surface area contributed by atoms with Gasteiger partial charge in [-0.15, -0.1) is 0 Å². The van der Waals surface area contributed by atoms with Crippen LogP contribution < -0.4 is 10.2 Å². The Bertz CT molecular complexity index is 1120. The van der Waals surface area contributed by atoms with E-state index in [0.29, 0.717) is 35.7 Å². The summed E-state index contributed by atoms with van der Waals surface area (Å²) in [6, 6.07) is 11.8. The van der Waals surface area contributed by atoms with Crippen LogP contribution in [0.3, 0.4) is 0 Å². The van der Waals surface area contributed by atoms with E-state index in [2.05, 4.69) is 48.4 Å². The number of nitrogens with zero attached hydrogens (tertiary/aromatic N) is 2. The minimum absolute atomic E-state index is 0.196. The summed E-state index contributed by atoms with van der Waals surface area (Å²) in [5, 5.41) is 11.9. The number of aliphatic carboxylic acids is 1. The average Bonchev–Trinajstić information content (AvgIpc) is 3.05. The van der Waals surface area contributed by atoms with Gasteiger partial charge < -0.3 is 15.3 Å². The Morgan fingerprint density at radius 2 is 1.97 bits per heavy atom. The number of aliphatic imine (C=N–C) groups is 1. The van der Waals surface area contributed by atoms with Crippen molar-refractivity contribution in [1.82, 2.24) is 0 Å². The topological polar surface area (TPSA) is 99.1 Å². The minimum Gasteiger partial charge on any atom is -0.481 e. The van der Waals surface area contributed by atoms with Crippen LogP contribution in [-0.2, 0) is 27.3 Å². The average molecular weight is 417 g/mol. The van der Waals surface area contributed by atoms with E-state index in [9.17, 15) is 19.5 Å². The molecule has 0 radical (unpaired) electrons. The molecule has 2 heterocycles. The summed E-state index contributed by atoms with van der Waals surface area (Å²) in [4.78, 5) is 41.5. The van der Waals surface area contributed by atoms with Crippen molar-refractivity contribution in [3.63, 3.8) is 0 Å². The first kappa shape index (κ1) is 20.5. The van der Waals surface area contributed by atoms with Crippen molar-refractivity contribution >= 4 is 35.8 Å². The molecule has 1 unspecified atom stereocenters. The van der Waals surface area contributed by atoms with E-state index in [1.165, 1.54) is 11.8 Å². The van der Waals surface area contributed by atoms with Gasteiger partial charge in [0.25, 0.3) is 0 Å². The molecule has 31 heavy (non-hydrogen) atoms. The summed E-state index contributed by atoms with van der Waals surface area (Å²) in [6.45, 7) is 4.81. The molecular formula is C24H23N3O4. The lowest BCUT2D eigenvalue weighted by Gasteiger charge is -2.23. The second-order valence-electron chi connectivity index (χ2n) is 8.02. The van der Waals surface area contributed by atoms with Crippen molar-refractivity contribution in [1.29, 1.82) is 0 Å². The molecule has 0 saturated carbocycles. The number of allylic oxidation sites excluding steroid dienone is 1. The predicted octanol–water partition coefficient (Wildman–Crippen LogP) is 3.60. The van der Waals surface area contributed by atoms with E-state index in [1.54, 1.807) is 12.3 Å². The van der Waals surface area contributed by atoms with Crippen molar-refractivity contribution in [2.24, 2.45) is 4.99 Å². The number of carboxylic acids is 1. The molecule has 0 fully saturated rings. The number of amides is 1. The van der Waals surface area contributed by atoms with Crippen LogP contribution in [0.5, 0.6) is 0 Å². The van der Waals surface area contributed by atoms with Crippen molar-refractivity contribution in [3.05, 3.63) is 70.5 Å². The number of fused-ring (bicyclic) bond motifs is 3. The number of hydrogen-bond acceptors (Lipinski definition) is 5. The highest BCUT2D eigenvalue weighted by molar-refractivity contribution is 6.33. The van der Waals surface area contributed by atoms with Crippen LogP contribution in [0.4, 0.5) is 11.4 Å². The SMILES string of the molecule is CC(C)c1ccc(CN2C3=CN=CC(=O)C3c3c2ccc(CC(=O)O)c3NC=O)cc1. The fourth-order valence-corrected chi connectivity index (χ4v) is 4.22. The third kappa shape index (κ3) is 3.74. The Hall–Kier alpha value is -3.74. The molecular weight excluding hydrogens is 394 g/mol. The van der Waals surface area contributed by atoms with Gasteiger partial charge in [0, 0.05) is 24.0 Å². The Kier molecular flexibility index (Phi) is 5.42. The molecule has 2 N–H and O–H groups in total. The Morgan fingerprint density at radius 1 is 1.23 bits per heavy atom. The fraction of sp³-hybridized carbons (Fsp3) is 0.250. The van der Waals surface area contributed by atoms with Crippen molar-refractivity contribution in [2.75, 3.05) is 10.2 Å². The highest BCUT2D eigenvalue weighted by Crippen LogP contribution is 2.50. The van der Waals surface area contributed by atoms with Crippen molar-refractivity contribution < 1.29 is 19.5 Å². The molecule has 2 aromatic carbocycles. The zero-order chi connectivity index (χ0) is 22.1. The minimum atomic E-state index is -1.01. The highest BCUT2D eigenvalue weighted by atomic mass is 16.4. The zero-order valence-corrected chi connectivity index (χ0v) is 17.3. The lowest BCUT2D eigenvalue weighted by Crippen LogP contribution is -2.24. The van der Waals surface area contributed by atoms with Gasteiger partial charge in [0.1, 0.15) is 0 Å². The lowest BCUT2D eigenvalue weighted by atomic mass is 9.90. The second-order valence-corrected chi connectivity index (χ2v) is 8.02. The van der Waals surface area contributed by atoms with Crippen molar-refractivity contribution in [3.8, 4) is 0 Å². The molecule has 0 bridgehead atoms. The summed E-state index contributed by atoms with van der Waals surface area (Å²) in [5.74, 6) is -1.40. The summed E-state index contributed by atoms with van der Waals surface area (Å²) in [6.07, 6.45) is 3.19. The van der Waals surface area contributed by atoms with Gasteiger partial charge in [-0.05, 0) is 28.7 Å². The first-order valence-corrected chi connectivity index (χ1v) is 10.1. The summed E-state index contributed by atoms with van der Waals surface area (Å²) >= 11 is 0. The van der Waals surface area contributed by atoms with E-state index >= 15 is 0 Å². The number of nitrogens with one attached hydrogen (secondary N) is 1. The quantitative estimate of drug-likeness (QED) is 0.671. The maximum atomic E-state index is 12.8. The maximum Gasteiger partial charge on any atom is 0.307 e. The van der Waals surface area contributed by atoms with Crippen LogP contribution in [0, 0.1) is 0 Å². The van der Waals surface area contributed by atoms with E-state index in [0.717, 1.165) is 16.9 Å². The Labute approximate surface area is 180 Å². The molecule has 0 spiro atoms. The number of ketones is 1. The normalized spacial score (nSPS) is 16.7. The van der Waals surface area contributed by atoms with Gasteiger partial charge in [0.05, 0.1) is 29.9 Å². The molecule has 2 aliphatic rings. The third-order valence-electron chi connectivity index (χ3n) is 5.72. The number of anilines is 2. The molecule has 0 aromatic heterocycles. The molecule has 1 amide bonds. The van der Waals surface area contributed by atoms with Crippen LogP contribution in [0.2, 0.25) is 0 Å². The monoisotopic (exact) mass is 417 g/mol. The van der Waals surface area contributed by atoms with Gasteiger partial charge >= 0.3 is 5.97 Å². The van der Waals surface area contributed by atoms with Crippen LogP contribution in [0.1, 0.15) is 47.9 Å². The van der Waals surface area contributed by atoms with Crippen LogP contribution >= 0.6 is 0 Å². The van der Waals surface area contributed by atoms with Gasteiger partial charge in [-0.3, -0.25) is 19.4 Å². The van der Waals surface area contributed by atoms with E-state index in [-0.39, 0.29) is 12.2 Å². The molecule has 158 valence electrons. The third-order valence-corrected chi connectivity index (χ3v) is 5.72. The van der Waals surface area contributed by atoms with Crippen molar-refractivity contribution in [2.45, 2.75) is 38.6 Å². The van der Waals surface area contributed by atoms with Gasteiger partial charge in [0.15, 0.2) is 5.78 Å². The highest BCUT2D eigenvalue weighted by Gasteiger charge is 2.41. The Balaban J connectivity index is 1.81. The molecule has 7 heteroatoms. The number of hydrogen-bond donors (Lipinski definition) is 2. The van der Waals surface area contributed by atoms with E-state index < -0.39 is 11.9 Å². The maximum absolute atomic E-state index is 12.8. The summed E-state index contributed by atoms with van der Waals surface area (Å²) in [7, 11) is 0. The second kappa shape index (κ2) is 8.18. The Morgan fingerprint density at radius 3 is 2.61 bits per heavy atom. The van der Waals surface area contributed by atoms with Crippen LogP contribution in [0.15, 0.2) is 53.3 Å². The predicted molar refractivity (Wildman–Crippen MR) is 119 cm³/mol. The number of carbonyl (C=O) groups excluding carboxylic acids is 2. The van der Waals surface area contributed by atoms with Gasteiger partial charge in [-0.2, -0.15) is 0 Å². The summed E-state index contributed by atoms with van der Waals surface area (Å²) < 4.78 is 0. The molecule has 0 saturated heterocycles. The van der Waals surface area contributed by atoms with Gasteiger partial charge in [-0.1, -0.05) is 44.2 Å². The molecule has 2 aromatic rings. The first-order valence-electron chi connectivity index (χ1n) is 10.1. The number of carboxylic acid groups (broad SMARTS) is 1. The number of benzene rings is 2. The lowest BCUT2D eigenvalue weighted by molar-refractivity contribution is -0.136. The molecule has 1 atom stereocenters. The fourth-order valence-electron chi connectivity index (χ4n) is 4.22. The molecule has 7 nitrogen and oxygen atoms in total. The molecule has 2 aliphatic heterocycles. The smallest absolute Gasteiger partial charge is 0.307 e. The van der Waals surface area contributed by atoms with E-state index in [4.69, 9.17) is 0 Å². The van der Waals surface area contributed by atoms with E-state index in [1.807, 2.05) is 11.0 Å². The van der Waals surface area contributed by atoms with Gasteiger partial charge in [-0.25, -0.2) is 0 Å². The number of Topliss-reactive ketones (excluding diaryl/α,β-unsaturated/α-hetero) is 1. The first-order chi connectivity index (χ1) is 14.9.